The van der Waals surface area contributed by atoms with Crippen LogP contribution in [0.5, 0.6) is 11.5 Å². The molecule has 2 atom stereocenters. The summed E-state index contributed by atoms with van der Waals surface area (Å²) in [5, 5.41) is 18.1. The second-order valence-electron chi connectivity index (χ2n) is 19.9. The second-order valence-corrected chi connectivity index (χ2v) is 19.9. The normalized spacial score (nSPS) is 27.8. The van der Waals surface area contributed by atoms with E-state index in [1.165, 1.54) is 36.8 Å². The van der Waals surface area contributed by atoms with Gasteiger partial charge in [-0.15, -0.1) is 0 Å². The molecule has 2 aromatic carbocycles. The van der Waals surface area contributed by atoms with Gasteiger partial charge in [0.25, 0.3) is 11.8 Å². The lowest BCUT2D eigenvalue weighted by atomic mass is 9.77. The fourth-order valence-electron chi connectivity index (χ4n) is 11.9. The monoisotopic (exact) mass is 832 g/mol. The molecule has 2 N–H and O–H groups in total. The highest BCUT2D eigenvalue weighted by Gasteiger charge is 2.60. The quantitative estimate of drug-likeness (QED) is 0.259. The van der Waals surface area contributed by atoms with E-state index in [1.807, 2.05) is 24.3 Å². The van der Waals surface area contributed by atoms with Gasteiger partial charge in [-0.25, -0.2) is 8.78 Å². The molecule has 2 amide bonds. The average Bonchev–Trinajstić information content (AvgIpc) is 4.07. The molecule has 0 aromatic heterocycles. The van der Waals surface area contributed by atoms with Crippen molar-refractivity contribution in [3.63, 3.8) is 0 Å². The van der Waals surface area contributed by atoms with Crippen LogP contribution in [0.25, 0.3) is 0 Å². The molecule has 8 aliphatic rings. The largest absolute Gasteiger partial charge is 0.491 e. The SMILES string of the molecule is O=C(N1CC2(CC[C@@H](N3CCC(c4ccccc4OCCO)CC3)C2)C1)C1(F)CC1.O=C(N1CC2(CC[C@H](N3CCC(c4ccccc4OCCO)CC3)C2)C1)C1(F)CC1. The summed E-state index contributed by atoms with van der Waals surface area (Å²) in [7, 11) is 0. The van der Waals surface area contributed by atoms with Gasteiger partial charge in [0.15, 0.2) is 11.3 Å². The Hall–Kier alpha value is -3.32. The molecule has 2 spiro atoms. The van der Waals surface area contributed by atoms with Crippen LogP contribution in [0.1, 0.15) is 113 Å². The van der Waals surface area contributed by atoms with Crippen LogP contribution in [0.15, 0.2) is 48.5 Å². The van der Waals surface area contributed by atoms with E-state index >= 15 is 0 Å². The number of carbonyl (C=O) groups is 2. The molecular formula is C48H66F2N4O6. The summed E-state index contributed by atoms with van der Waals surface area (Å²) >= 11 is 0. The number of hydrogen-bond acceptors (Lipinski definition) is 8. The molecule has 4 saturated carbocycles. The fraction of sp³-hybridized carbons (Fsp3) is 0.708. The summed E-state index contributed by atoms with van der Waals surface area (Å²) in [6.45, 7) is 8.17. The first-order valence-electron chi connectivity index (χ1n) is 23.1. The van der Waals surface area contributed by atoms with Gasteiger partial charge in [-0.05, 0) is 151 Å². The number of likely N-dealkylation sites (tertiary alicyclic amines) is 4. The number of alkyl halides is 2. The summed E-state index contributed by atoms with van der Waals surface area (Å²) < 4.78 is 39.6. The van der Waals surface area contributed by atoms with Crippen LogP contribution in [0.4, 0.5) is 8.78 Å². The van der Waals surface area contributed by atoms with Crippen LogP contribution >= 0.6 is 0 Å². The average molecular weight is 833 g/mol. The lowest BCUT2D eigenvalue weighted by Gasteiger charge is -2.49. The number of aliphatic hydroxyl groups excluding tert-OH is 2. The van der Waals surface area contributed by atoms with Crippen molar-refractivity contribution in [3.05, 3.63) is 59.7 Å². The zero-order valence-electron chi connectivity index (χ0n) is 35.4. The van der Waals surface area contributed by atoms with Gasteiger partial charge in [0, 0.05) is 49.1 Å². The van der Waals surface area contributed by atoms with Crippen molar-refractivity contribution in [2.45, 2.75) is 125 Å². The smallest absolute Gasteiger partial charge is 0.260 e. The number of ether oxygens (including phenoxy) is 2. The van der Waals surface area contributed by atoms with Crippen LogP contribution in [-0.4, -0.2) is 144 Å². The molecule has 2 aromatic rings. The highest BCUT2D eigenvalue weighted by Crippen LogP contribution is 2.53. The van der Waals surface area contributed by atoms with Crippen molar-refractivity contribution in [2.24, 2.45) is 10.8 Å². The Morgan fingerprint density at radius 2 is 0.933 bits per heavy atom. The third-order valence-corrected chi connectivity index (χ3v) is 15.7. The lowest BCUT2D eigenvalue weighted by Crippen LogP contribution is -2.60. The van der Waals surface area contributed by atoms with Crippen LogP contribution in [0.3, 0.4) is 0 Å². The van der Waals surface area contributed by atoms with E-state index < -0.39 is 11.3 Å². The summed E-state index contributed by atoms with van der Waals surface area (Å²) in [5.41, 5.74) is -0.0127. The van der Waals surface area contributed by atoms with Gasteiger partial charge in [-0.3, -0.25) is 9.59 Å². The number of carbonyl (C=O) groups excluding carboxylic acids is 2. The van der Waals surface area contributed by atoms with Gasteiger partial charge in [-0.1, -0.05) is 36.4 Å². The number of amides is 2. The predicted octanol–water partition coefficient (Wildman–Crippen LogP) is 6.24. The number of piperidine rings is 2. The zero-order valence-corrected chi connectivity index (χ0v) is 35.4. The first-order chi connectivity index (χ1) is 29.0. The number of para-hydroxylation sites is 2. The number of benzene rings is 2. The summed E-state index contributed by atoms with van der Waals surface area (Å²) in [6.07, 6.45) is 13.2. The van der Waals surface area contributed by atoms with E-state index in [4.69, 9.17) is 19.7 Å². The molecule has 0 bridgehead atoms. The van der Waals surface area contributed by atoms with E-state index in [-0.39, 0.29) is 35.9 Å². The first kappa shape index (κ1) is 42.0. The van der Waals surface area contributed by atoms with Gasteiger partial charge < -0.3 is 39.3 Å². The lowest BCUT2D eigenvalue weighted by molar-refractivity contribution is -0.151. The Labute approximate surface area is 354 Å². The Bertz CT molecular complexity index is 1700. The molecule has 10 nitrogen and oxygen atoms in total. The van der Waals surface area contributed by atoms with Crippen LogP contribution < -0.4 is 9.47 Å². The standard InChI is InChI=1S/2C24H33FN2O3/c2*25-24(9-10-24)22(29)27-16-23(17-27)8-5-19(15-23)26-11-6-18(7-12-26)20-3-1-2-4-21(20)30-14-13-28/h2*1-4,18-19,28H,5-17H2/t2*19-/m10/s1. The molecule has 4 aliphatic heterocycles. The minimum atomic E-state index is -1.52. The Kier molecular flexibility index (Phi) is 12.0. The Morgan fingerprint density at radius 3 is 1.28 bits per heavy atom. The highest BCUT2D eigenvalue weighted by molar-refractivity contribution is 5.89. The molecule has 0 unspecified atom stereocenters. The molecule has 12 heteroatoms. The molecule has 10 rings (SSSR count). The van der Waals surface area contributed by atoms with Crippen molar-refractivity contribution in [1.29, 1.82) is 0 Å². The Morgan fingerprint density at radius 1 is 0.567 bits per heavy atom. The van der Waals surface area contributed by atoms with Crippen molar-refractivity contribution in [1.82, 2.24) is 19.6 Å². The molecule has 328 valence electrons. The minimum Gasteiger partial charge on any atom is -0.491 e. The Balaban J connectivity index is 0.000000154. The van der Waals surface area contributed by atoms with Crippen LogP contribution in [-0.2, 0) is 9.59 Å². The first-order valence-corrected chi connectivity index (χ1v) is 23.1. The maximum Gasteiger partial charge on any atom is 0.260 e. The van der Waals surface area contributed by atoms with Crippen molar-refractivity contribution in [2.75, 3.05) is 78.8 Å². The van der Waals surface area contributed by atoms with Gasteiger partial charge in [-0.2, -0.15) is 0 Å². The molecule has 8 fully saturated rings. The predicted molar refractivity (Wildman–Crippen MR) is 225 cm³/mol. The molecule has 0 radical (unpaired) electrons. The van der Waals surface area contributed by atoms with Gasteiger partial charge in [0.2, 0.25) is 0 Å². The second kappa shape index (κ2) is 17.1. The van der Waals surface area contributed by atoms with E-state index in [2.05, 4.69) is 34.1 Å². The zero-order chi connectivity index (χ0) is 41.5. The maximum absolute atomic E-state index is 14.1. The third kappa shape index (κ3) is 8.69. The van der Waals surface area contributed by atoms with E-state index in [0.29, 0.717) is 62.8 Å². The van der Waals surface area contributed by atoms with Gasteiger partial charge >= 0.3 is 0 Å². The maximum atomic E-state index is 14.1. The van der Waals surface area contributed by atoms with Gasteiger partial charge in [0.1, 0.15) is 24.7 Å². The summed E-state index contributed by atoms with van der Waals surface area (Å²) in [4.78, 5) is 33.3. The fourth-order valence-corrected chi connectivity index (χ4v) is 11.9. The number of aliphatic hydroxyl groups is 2. The molecule has 4 heterocycles. The van der Waals surface area contributed by atoms with E-state index in [1.54, 1.807) is 9.80 Å². The van der Waals surface area contributed by atoms with Gasteiger partial charge in [0.05, 0.1) is 13.2 Å². The number of nitrogens with zero attached hydrogens (tertiary/aromatic N) is 4. The number of halogens is 2. The summed E-state index contributed by atoms with van der Waals surface area (Å²) in [5.74, 6) is 2.32. The molecule has 60 heavy (non-hydrogen) atoms. The molecule has 4 aliphatic carbocycles. The summed E-state index contributed by atoms with van der Waals surface area (Å²) in [6, 6.07) is 17.7. The highest BCUT2D eigenvalue weighted by atomic mass is 19.1. The van der Waals surface area contributed by atoms with Crippen LogP contribution in [0.2, 0.25) is 0 Å². The minimum absolute atomic E-state index is 0.0333. The third-order valence-electron chi connectivity index (χ3n) is 15.7. The van der Waals surface area contributed by atoms with Crippen molar-refractivity contribution < 1.29 is 38.1 Å². The topological polar surface area (TPSA) is 106 Å². The van der Waals surface area contributed by atoms with Crippen molar-refractivity contribution in [3.8, 4) is 11.5 Å². The number of rotatable bonds is 12. The van der Waals surface area contributed by atoms with Crippen LogP contribution in [0, 0.1) is 10.8 Å². The van der Waals surface area contributed by atoms with Crippen molar-refractivity contribution >= 4 is 11.8 Å². The molecular weight excluding hydrogens is 767 g/mol. The molecule has 4 saturated heterocycles. The van der Waals surface area contributed by atoms with E-state index in [9.17, 15) is 18.4 Å². The number of hydrogen-bond donors (Lipinski definition) is 2. The van der Waals surface area contributed by atoms with E-state index in [0.717, 1.165) is 102 Å².